The number of carbonyl (C=O) groups is 4. The first kappa shape index (κ1) is 25.5. The second-order valence-corrected chi connectivity index (χ2v) is 6.91. The van der Waals surface area contributed by atoms with Crippen LogP contribution in [-0.2, 0) is 42.9 Å². The Morgan fingerprint density at radius 3 is 1.97 bits per heavy atom. The number of hydrogen-bond acceptors (Lipinski definition) is 12. The summed E-state index contributed by atoms with van der Waals surface area (Å²) >= 11 is 0. The van der Waals surface area contributed by atoms with Gasteiger partial charge in [-0.2, -0.15) is 0 Å². The molecule has 0 unspecified atom stereocenters. The molecule has 0 bridgehead atoms. The molecule has 13 nitrogen and oxygen atoms in total. The smallest absolute Gasteiger partial charge is 0.311 e. The molecule has 0 aliphatic carbocycles. The van der Waals surface area contributed by atoms with Crippen molar-refractivity contribution in [1.82, 2.24) is 0 Å². The fourth-order valence-electron chi connectivity index (χ4n) is 3.12. The topological polar surface area (TPSA) is 167 Å². The van der Waals surface area contributed by atoms with Gasteiger partial charge in [0.15, 0.2) is 18.0 Å². The highest BCUT2D eigenvalue weighted by Gasteiger charge is 2.53. The van der Waals surface area contributed by atoms with Gasteiger partial charge in [0.25, 0.3) is 0 Å². The van der Waals surface area contributed by atoms with Gasteiger partial charge in [0, 0.05) is 33.8 Å². The van der Waals surface area contributed by atoms with Gasteiger partial charge in [-0.3, -0.25) is 29.3 Å². The fraction of sp³-hybridized carbons (Fsp3) is 0.500. The number of nitro groups is 1. The van der Waals surface area contributed by atoms with Crippen molar-refractivity contribution in [1.29, 1.82) is 0 Å². The summed E-state index contributed by atoms with van der Waals surface area (Å²) in [5.74, 6) is -3.33. The number of ether oxygens (including phenoxy) is 6. The molecule has 1 aliphatic heterocycles. The second-order valence-electron chi connectivity index (χ2n) is 6.91. The number of carbonyl (C=O) groups excluding carboxylic acids is 4. The summed E-state index contributed by atoms with van der Waals surface area (Å²) in [7, 11) is 0. The summed E-state index contributed by atoms with van der Waals surface area (Å²) in [6, 6.07) is 5.35. The molecule has 1 aromatic rings. The summed E-state index contributed by atoms with van der Waals surface area (Å²) in [6.45, 7) is 3.91. The summed E-state index contributed by atoms with van der Waals surface area (Å²) in [6.07, 6.45) is -7.10. The molecule has 1 fully saturated rings. The molecule has 0 radical (unpaired) electrons. The predicted octanol–water partition coefficient (Wildman–Crippen LogP) is 1.06. The van der Waals surface area contributed by atoms with Gasteiger partial charge in [-0.25, -0.2) is 0 Å². The predicted molar refractivity (Wildman–Crippen MR) is 106 cm³/mol. The minimum absolute atomic E-state index is 0.233. The highest BCUT2D eigenvalue weighted by atomic mass is 16.7. The van der Waals surface area contributed by atoms with Crippen LogP contribution in [0.2, 0.25) is 0 Å². The Labute approximate surface area is 188 Å². The van der Waals surface area contributed by atoms with Gasteiger partial charge in [-0.1, -0.05) is 12.1 Å². The fourth-order valence-corrected chi connectivity index (χ4v) is 3.12. The van der Waals surface area contributed by atoms with Gasteiger partial charge in [-0.15, -0.1) is 0 Å². The van der Waals surface area contributed by atoms with Gasteiger partial charge in [0.2, 0.25) is 12.4 Å². The molecule has 0 saturated carbocycles. The lowest BCUT2D eigenvalue weighted by atomic mass is 9.98. The number of hydrogen-bond donors (Lipinski definition) is 0. The van der Waals surface area contributed by atoms with Crippen LogP contribution in [0.25, 0.3) is 0 Å². The van der Waals surface area contributed by atoms with Gasteiger partial charge in [-0.05, 0) is 6.07 Å². The molecule has 1 heterocycles. The third-order valence-electron chi connectivity index (χ3n) is 4.25. The van der Waals surface area contributed by atoms with E-state index in [1.807, 2.05) is 0 Å². The van der Waals surface area contributed by atoms with E-state index < -0.39 is 71.8 Å². The molecular weight excluding hydrogens is 446 g/mol. The Kier molecular flexibility index (Phi) is 8.68. The molecule has 0 N–H and O–H groups in total. The molecule has 1 aromatic carbocycles. The molecule has 180 valence electrons. The zero-order chi connectivity index (χ0) is 24.7. The molecule has 33 heavy (non-hydrogen) atoms. The van der Waals surface area contributed by atoms with Crippen molar-refractivity contribution in [3.63, 3.8) is 0 Å². The maximum Gasteiger partial charge on any atom is 0.311 e. The monoisotopic (exact) mass is 469 g/mol. The number of esters is 4. The first-order valence-electron chi connectivity index (χ1n) is 9.70. The Morgan fingerprint density at radius 1 is 0.879 bits per heavy atom. The summed E-state index contributed by atoms with van der Waals surface area (Å²) in [5, 5.41) is 11.4. The van der Waals surface area contributed by atoms with Gasteiger partial charge in [0.1, 0.15) is 12.7 Å². The molecule has 0 amide bonds. The first-order chi connectivity index (χ1) is 15.5. The van der Waals surface area contributed by atoms with Crippen LogP contribution < -0.4 is 4.74 Å². The van der Waals surface area contributed by atoms with Crippen LogP contribution in [0.15, 0.2) is 24.3 Å². The normalized spacial score (nSPS) is 24.2. The molecule has 0 aromatic heterocycles. The first-order valence-corrected chi connectivity index (χ1v) is 9.70. The summed E-state index contributed by atoms with van der Waals surface area (Å²) in [5.41, 5.74) is -0.412. The van der Waals surface area contributed by atoms with E-state index in [4.69, 9.17) is 28.4 Å². The van der Waals surface area contributed by atoms with Crippen LogP contribution in [0.1, 0.15) is 27.7 Å². The van der Waals surface area contributed by atoms with Gasteiger partial charge < -0.3 is 28.4 Å². The summed E-state index contributed by atoms with van der Waals surface area (Å²) in [4.78, 5) is 57.3. The minimum Gasteiger partial charge on any atom is -0.463 e. The molecule has 13 heteroatoms. The van der Waals surface area contributed by atoms with Crippen molar-refractivity contribution in [2.45, 2.75) is 58.4 Å². The van der Waals surface area contributed by atoms with E-state index in [1.54, 1.807) is 0 Å². The third-order valence-corrected chi connectivity index (χ3v) is 4.25. The Morgan fingerprint density at radius 2 is 1.42 bits per heavy atom. The van der Waals surface area contributed by atoms with Crippen LogP contribution in [0, 0.1) is 10.1 Å². The molecular formula is C20H23NO12. The van der Waals surface area contributed by atoms with E-state index in [9.17, 15) is 29.3 Å². The zero-order valence-corrected chi connectivity index (χ0v) is 18.2. The minimum atomic E-state index is -1.56. The quantitative estimate of drug-likeness (QED) is 0.230. The number of nitrogens with zero attached hydrogens (tertiary/aromatic N) is 1. The SMILES string of the molecule is CC(=O)OC[C@@H]1O[C@H](Oc2ccccc2[N+](=O)[O-])[C@@H](OC(C)=O)[C@H](OC(C)=O)[C@@H]1OC(C)=O. The van der Waals surface area contributed by atoms with E-state index >= 15 is 0 Å². The van der Waals surface area contributed by atoms with E-state index in [0.29, 0.717) is 0 Å². The van der Waals surface area contributed by atoms with Crippen LogP contribution >= 0.6 is 0 Å². The highest BCUT2D eigenvalue weighted by molar-refractivity contribution is 5.68. The van der Waals surface area contributed by atoms with Gasteiger partial charge >= 0.3 is 29.6 Å². The lowest BCUT2D eigenvalue weighted by Crippen LogP contribution is -2.63. The van der Waals surface area contributed by atoms with Gasteiger partial charge in [0.05, 0.1) is 4.92 Å². The second kappa shape index (κ2) is 11.2. The van der Waals surface area contributed by atoms with Crippen LogP contribution in [0.4, 0.5) is 5.69 Å². The number of rotatable bonds is 8. The van der Waals surface area contributed by atoms with Crippen LogP contribution in [0.3, 0.4) is 0 Å². The molecule has 1 aliphatic rings. The van der Waals surface area contributed by atoms with Crippen molar-refractivity contribution in [2.75, 3.05) is 6.61 Å². The molecule has 1 saturated heterocycles. The van der Waals surface area contributed by atoms with Crippen LogP contribution in [-0.4, -0.2) is 66.1 Å². The Bertz CT molecular complexity index is 916. The lowest BCUT2D eigenvalue weighted by Gasteiger charge is -2.43. The van der Waals surface area contributed by atoms with Crippen molar-refractivity contribution in [3.05, 3.63) is 34.4 Å². The van der Waals surface area contributed by atoms with E-state index in [-0.39, 0.29) is 5.75 Å². The van der Waals surface area contributed by atoms with Crippen LogP contribution in [0.5, 0.6) is 5.75 Å². The van der Waals surface area contributed by atoms with Crippen molar-refractivity contribution < 1.29 is 52.5 Å². The van der Waals surface area contributed by atoms with Crippen molar-refractivity contribution in [2.24, 2.45) is 0 Å². The largest absolute Gasteiger partial charge is 0.463 e. The summed E-state index contributed by atoms with van der Waals surface area (Å²) < 4.78 is 32.1. The number of benzene rings is 1. The van der Waals surface area contributed by atoms with E-state index in [1.165, 1.54) is 24.3 Å². The van der Waals surface area contributed by atoms with E-state index in [2.05, 4.69) is 0 Å². The Hall–Kier alpha value is -3.74. The maximum absolute atomic E-state index is 11.8. The average Bonchev–Trinajstić information content (AvgIpc) is 2.70. The van der Waals surface area contributed by atoms with Crippen molar-refractivity contribution >= 4 is 29.6 Å². The molecule has 5 atom stereocenters. The highest BCUT2D eigenvalue weighted by Crippen LogP contribution is 2.34. The number of nitro benzene ring substituents is 1. The zero-order valence-electron chi connectivity index (χ0n) is 18.2. The number of para-hydroxylation sites is 2. The maximum atomic E-state index is 11.8. The standard InChI is InChI=1S/C20H23NO12/c1-10(22)28-9-16-17(29-11(2)23)18(30-12(3)24)19(31-13(4)25)20(33-16)32-15-8-6-5-7-14(15)21(26)27/h5-8,16-20H,9H2,1-4H3/t16-,17+,18+,19-,20-/m0/s1. The van der Waals surface area contributed by atoms with Crippen molar-refractivity contribution in [3.8, 4) is 5.75 Å². The molecule has 0 spiro atoms. The Balaban J connectivity index is 2.51. The van der Waals surface area contributed by atoms with E-state index in [0.717, 1.165) is 27.7 Å². The lowest BCUT2D eigenvalue weighted by molar-refractivity contribution is -0.387. The average molecular weight is 469 g/mol. The third kappa shape index (κ3) is 7.14. The molecule has 2 rings (SSSR count).